The van der Waals surface area contributed by atoms with Gasteiger partial charge in [-0.25, -0.2) is 14.6 Å². The quantitative estimate of drug-likeness (QED) is 0.674. The molecule has 7 heteroatoms. The van der Waals surface area contributed by atoms with E-state index in [-0.39, 0.29) is 11.4 Å². The van der Waals surface area contributed by atoms with Gasteiger partial charge in [-0.2, -0.15) is 5.10 Å². The average Bonchev–Trinajstić information content (AvgIpc) is 2.62. The largest absolute Gasteiger partial charge is 0.396 e. The standard InChI is InChI=1S/C8H8N6O/c9-5-3-14(13-7(5)8(10)15)6-1-2-11-4-12-6/h1-4H,9H2,(H2,10,15). The zero-order valence-corrected chi connectivity index (χ0v) is 7.66. The van der Waals surface area contributed by atoms with Crippen molar-refractivity contribution in [3.8, 4) is 5.82 Å². The van der Waals surface area contributed by atoms with E-state index >= 15 is 0 Å². The summed E-state index contributed by atoms with van der Waals surface area (Å²) in [5.41, 5.74) is 10.9. The number of nitrogens with zero attached hydrogens (tertiary/aromatic N) is 4. The van der Waals surface area contributed by atoms with Gasteiger partial charge >= 0.3 is 0 Å². The van der Waals surface area contributed by atoms with Gasteiger partial charge in [-0.05, 0) is 0 Å². The van der Waals surface area contributed by atoms with E-state index in [2.05, 4.69) is 15.1 Å². The van der Waals surface area contributed by atoms with Crippen LogP contribution in [0.15, 0.2) is 24.8 Å². The normalized spacial score (nSPS) is 10.1. The molecule has 76 valence electrons. The van der Waals surface area contributed by atoms with Crippen molar-refractivity contribution < 1.29 is 4.79 Å². The number of hydrogen-bond acceptors (Lipinski definition) is 5. The first kappa shape index (κ1) is 9.13. The topological polar surface area (TPSA) is 113 Å². The van der Waals surface area contributed by atoms with Crippen molar-refractivity contribution in [3.05, 3.63) is 30.5 Å². The molecule has 4 N–H and O–H groups in total. The number of anilines is 1. The summed E-state index contributed by atoms with van der Waals surface area (Å²) in [7, 11) is 0. The summed E-state index contributed by atoms with van der Waals surface area (Å²) in [5.74, 6) is -0.149. The van der Waals surface area contributed by atoms with E-state index in [4.69, 9.17) is 11.5 Å². The van der Waals surface area contributed by atoms with Crippen molar-refractivity contribution in [2.45, 2.75) is 0 Å². The monoisotopic (exact) mass is 204 g/mol. The number of carbonyl (C=O) groups excluding carboxylic acids is 1. The van der Waals surface area contributed by atoms with E-state index in [1.165, 1.54) is 17.2 Å². The molecule has 0 saturated heterocycles. The van der Waals surface area contributed by atoms with E-state index in [0.717, 1.165) is 0 Å². The van der Waals surface area contributed by atoms with Gasteiger partial charge in [0.25, 0.3) is 5.91 Å². The molecule has 15 heavy (non-hydrogen) atoms. The third-order valence-electron chi connectivity index (χ3n) is 1.78. The van der Waals surface area contributed by atoms with Crippen LogP contribution in [-0.2, 0) is 0 Å². The minimum atomic E-state index is -0.666. The lowest BCUT2D eigenvalue weighted by molar-refractivity contribution is 0.0996. The van der Waals surface area contributed by atoms with Crippen LogP contribution in [0.3, 0.4) is 0 Å². The molecule has 0 aliphatic heterocycles. The zero-order chi connectivity index (χ0) is 10.8. The number of hydrogen-bond donors (Lipinski definition) is 2. The third-order valence-corrected chi connectivity index (χ3v) is 1.78. The molecule has 1 amide bonds. The molecular weight excluding hydrogens is 196 g/mol. The first-order valence-electron chi connectivity index (χ1n) is 4.10. The Morgan fingerprint density at radius 3 is 2.80 bits per heavy atom. The highest BCUT2D eigenvalue weighted by Crippen LogP contribution is 2.11. The van der Waals surface area contributed by atoms with Gasteiger partial charge in [0, 0.05) is 12.3 Å². The van der Waals surface area contributed by atoms with Crippen molar-refractivity contribution in [3.63, 3.8) is 0 Å². The third kappa shape index (κ3) is 1.62. The number of rotatable bonds is 2. The number of primary amides is 1. The summed E-state index contributed by atoms with van der Waals surface area (Å²) in [4.78, 5) is 18.6. The van der Waals surface area contributed by atoms with Gasteiger partial charge in [0.2, 0.25) is 0 Å². The molecule has 0 spiro atoms. The minimum Gasteiger partial charge on any atom is -0.396 e. The first-order valence-corrected chi connectivity index (χ1v) is 4.10. The van der Waals surface area contributed by atoms with Crippen LogP contribution < -0.4 is 11.5 Å². The van der Waals surface area contributed by atoms with Gasteiger partial charge < -0.3 is 11.5 Å². The highest BCUT2D eigenvalue weighted by molar-refractivity contribution is 5.95. The second-order valence-corrected chi connectivity index (χ2v) is 2.81. The maximum absolute atomic E-state index is 10.9. The molecule has 0 bridgehead atoms. The molecule has 0 aliphatic carbocycles. The van der Waals surface area contributed by atoms with Gasteiger partial charge in [-0.1, -0.05) is 0 Å². The highest BCUT2D eigenvalue weighted by atomic mass is 16.1. The summed E-state index contributed by atoms with van der Waals surface area (Å²) in [5, 5.41) is 3.91. The van der Waals surface area contributed by atoms with Gasteiger partial charge in [0.05, 0.1) is 11.9 Å². The van der Waals surface area contributed by atoms with Crippen LogP contribution in [0.5, 0.6) is 0 Å². The van der Waals surface area contributed by atoms with E-state index in [1.54, 1.807) is 12.3 Å². The van der Waals surface area contributed by atoms with E-state index in [0.29, 0.717) is 5.82 Å². The predicted octanol–water partition coefficient (Wildman–Crippen LogP) is -0.657. The molecule has 2 rings (SSSR count). The molecule has 2 aromatic heterocycles. The maximum atomic E-state index is 10.9. The van der Waals surface area contributed by atoms with E-state index in [9.17, 15) is 4.79 Å². The molecule has 0 aromatic carbocycles. The average molecular weight is 204 g/mol. The highest BCUT2D eigenvalue weighted by Gasteiger charge is 2.12. The Morgan fingerprint density at radius 1 is 1.47 bits per heavy atom. The van der Waals surface area contributed by atoms with Crippen LogP contribution in [0.25, 0.3) is 5.82 Å². The molecule has 0 saturated carbocycles. The van der Waals surface area contributed by atoms with E-state index < -0.39 is 5.91 Å². The van der Waals surface area contributed by atoms with Crippen molar-refractivity contribution >= 4 is 11.6 Å². The van der Waals surface area contributed by atoms with Crippen molar-refractivity contribution in [2.24, 2.45) is 5.73 Å². The smallest absolute Gasteiger partial charge is 0.271 e. The lowest BCUT2D eigenvalue weighted by atomic mass is 10.4. The fourth-order valence-corrected chi connectivity index (χ4v) is 1.12. The molecule has 2 aromatic rings. The summed E-state index contributed by atoms with van der Waals surface area (Å²) in [6.07, 6.45) is 4.41. The Bertz CT molecular complexity index is 491. The van der Waals surface area contributed by atoms with Gasteiger partial charge in [-0.3, -0.25) is 4.79 Å². The van der Waals surface area contributed by atoms with Crippen molar-refractivity contribution in [1.82, 2.24) is 19.7 Å². The van der Waals surface area contributed by atoms with Crippen LogP contribution in [0, 0.1) is 0 Å². The molecule has 2 heterocycles. The Hall–Kier alpha value is -2.44. The molecule has 0 atom stereocenters. The lowest BCUT2D eigenvalue weighted by Gasteiger charge is -1.96. The summed E-state index contributed by atoms with van der Waals surface area (Å²) in [6.45, 7) is 0. The van der Waals surface area contributed by atoms with Crippen LogP contribution >= 0.6 is 0 Å². The van der Waals surface area contributed by atoms with Crippen molar-refractivity contribution in [2.75, 3.05) is 5.73 Å². The predicted molar refractivity (Wildman–Crippen MR) is 52.1 cm³/mol. The summed E-state index contributed by atoms with van der Waals surface area (Å²) >= 11 is 0. The fourth-order valence-electron chi connectivity index (χ4n) is 1.12. The van der Waals surface area contributed by atoms with Gasteiger partial charge in [-0.15, -0.1) is 0 Å². The number of nitrogen functional groups attached to an aromatic ring is 1. The Balaban J connectivity index is 2.48. The number of aromatic nitrogens is 4. The first-order chi connectivity index (χ1) is 7.18. The summed E-state index contributed by atoms with van der Waals surface area (Å²) < 4.78 is 1.37. The maximum Gasteiger partial charge on any atom is 0.271 e. The Labute approximate surface area is 84.7 Å². The molecule has 0 aliphatic rings. The van der Waals surface area contributed by atoms with Gasteiger partial charge in [0.15, 0.2) is 11.5 Å². The number of carbonyl (C=O) groups is 1. The lowest BCUT2D eigenvalue weighted by Crippen LogP contribution is -2.14. The van der Waals surface area contributed by atoms with Crippen LogP contribution in [0.1, 0.15) is 10.5 Å². The Kier molecular flexibility index (Phi) is 2.05. The molecule has 7 nitrogen and oxygen atoms in total. The molecule has 0 fully saturated rings. The number of amides is 1. The molecule has 0 unspecified atom stereocenters. The summed E-state index contributed by atoms with van der Waals surface area (Å²) in [6, 6.07) is 1.64. The molecular formula is C8H8N6O. The van der Waals surface area contributed by atoms with Gasteiger partial charge in [0.1, 0.15) is 6.33 Å². The Morgan fingerprint density at radius 2 is 2.27 bits per heavy atom. The SMILES string of the molecule is NC(=O)c1nn(-c2ccncn2)cc1N. The van der Waals surface area contributed by atoms with Crippen molar-refractivity contribution in [1.29, 1.82) is 0 Å². The number of nitrogens with two attached hydrogens (primary N) is 2. The fraction of sp³-hybridized carbons (Fsp3) is 0. The minimum absolute atomic E-state index is 0.0358. The van der Waals surface area contributed by atoms with E-state index in [1.807, 2.05) is 0 Å². The molecule has 0 radical (unpaired) electrons. The zero-order valence-electron chi connectivity index (χ0n) is 7.66. The van der Waals surface area contributed by atoms with Crippen LogP contribution in [0.4, 0.5) is 5.69 Å². The van der Waals surface area contributed by atoms with Crippen LogP contribution in [0.2, 0.25) is 0 Å². The van der Waals surface area contributed by atoms with Crippen LogP contribution in [-0.4, -0.2) is 25.7 Å². The second-order valence-electron chi connectivity index (χ2n) is 2.81. The second kappa shape index (κ2) is 3.37.